The molecule has 12 heteroatoms. The van der Waals surface area contributed by atoms with Gasteiger partial charge < -0.3 is 5.32 Å². The molecule has 2 atom stereocenters. The first-order valence-corrected chi connectivity index (χ1v) is 17.9. The predicted octanol–water partition coefficient (Wildman–Crippen LogP) is 8.60. The van der Waals surface area contributed by atoms with Crippen LogP contribution in [-0.2, 0) is 16.1 Å². The highest BCUT2D eigenvalue weighted by Gasteiger charge is 2.31. The molecule has 1 unspecified atom stereocenters. The van der Waals surface area contributed by atoms with Gasteiger partial charge in [-0.05, 0) is 99.5 Å². The van der Waals surface area contributed by atoms with Gasteiger partial charge in [0.25, 0.3) is 6.43 Å². The molecule has 2 N–H and O–H groups in total. The monoisotopic (exact) mass is 724 g/mol. The summed E-state index contributed by atoms with van der Waals surface area (Å²) in [5, 5.41) is 15.6. The van der Waals surface area contributed by atoms with Crippen LogP contribution in [0.2, 0.25) is 0 Å². The van der Waals surface area contributed by atoms with Gasteiger partial charge in [0.2, 0.25) is 11.8 Å². The molecule has 2 aromatic heterocycles. The minimum absolute atomic E-state index is 0.0667. The molecule has 0 saturated carbocycles. The van der Waals surface area contributed by atoms with E-state index in [2.05, 4.69) is 37.9 Å². The van der Waals surface area contributed by atoms with Crippen molar-refractivity contribution in [3.05, 3.63) is 118 Å². The van der Waals surface area contributed by atoms with E-state index in [0.717, 1.165) is 59.5 Å². The number of likely N-dealkylation sites (tertiary alicyclic amines) is 1. The molecule has 3 aromatic carbocycles. The number of hydrogen-bond acceptors (Lipinski definition) is 7. The zero-order valence-electron chi connectivity index (χ0n) is 29.7. The molecule has 2 saturated heterocycles. The normalized spacial score (nSPS) is 17.7. The summed E-state index contributed by atoms with van der Waals surface area (Å²) in [6.45, 7) is 7.71. The van der Waals surface area contributed by atoms with E-state index in [1.807, 2.05) is 38.1 Å². The number of carbonyl (C=O) groups excluding carboxylic acids is 2. The fraction of sp³-hybridized carbons (Fsp3) is 0.341. The molecule has 4 heterocycles. The van der Waals surface area contributed by atoms with E-state index in [0.29, 0.717) is 41.3 Å². The van der Waals surface area contributed by atoms with Crippen LogP contribution >= 0.6 is 0 Å². The Morgan fingerprint density at radius 1 is 0.925 bits per heavy atom. The van der Waals surface area contributed by atoms with Gasteiger partial charge in [-0.2, -0.15) is 5.10 Å². The van der Waals surface area contributed by atoms with E-state index in [1.54, 1.807) is 13.1 Å². The highest BCUT2D eigenvalue weighted by atomic mass is 19.3. The molecule has 7 rings (SSSR count). The number of aromatic nitrogens is 3. The quantitative estimate of drug-likeness (QED) is 0.116. The van der Waals surface area contributed by atoms with Crippen molar-refractivity contribution in [3.8, 4) is 11.3 Å². The maximum Gasteiger partial charge on any atom is 0.266 e. The number of amides is 2. The number of piperidine rings is 2. The molecule has 0 radical (unpaired) electrons. The number of imide groups is 1. The molecule has 5 aromatic rings. The third kappa shape index (κ3) is 7.50. The number of nitrogens with one attached hydrogen (secondary N) is 2. The molecular weight excluding hydrogens is 684 g/mol. The number of carbonyl (C=O) groups is 2. The lowest BCUT2D eigenvalue weighted by atomic mass is 9.83. The summed E-state index contributed by atoms with van der Waals surface area (Å²) in [4.78, 5) is 31.1. The van der Waals surface area contributed by atoms with E-state index in [4.69, 9.17) is 4.98 Å². The Bertz CT molecular complexity index is 2180. The highest BCUT2D eigenvalue weighted by molar-refractivity contribution is 6.01. The number of alkyl halides is 2. The lowest BCUT2D eigenvalue weighted by Crippen LogP contribution is -2.39. The first-order chi connectivity index (χ1) is 25.5. The van der Waals surface area contributed by atoms with Crippen molar-refractivity contribution in [1.29, 1.82) is 0 Å². The van der Waals surface area contributed by atoms with Gasteiger partial charge in [0, 0.05) is 41.1 Å². The molecule has 0 spiro atoms. The van der Waals surface area contributed by atoms with Gasteiger partial charge in [-0.1, -0.05) is 42.5 Å². The summed E-state index contributed by atoms with van der Waals surface area (Å²) in [7, 11) is 0. The van der Waals surface area contributed by atoms with Gasteiger partial charge in [0.05, 0.1) is 28.9 Å². The van der Waals surface area contributed by atoms with Crippen LogP contribution in [0.5, 0.6) is 0 Å². The lowest BCUT2D eigenvalue weighted by molar-refractivity contribution is -0.134. The van der Waals surface area contributed by atoms with Crippen molar-refractivity contribution < 1.29 is 27.2 Å². The molecular formula is C41H40F4N6O2. The third-order valence-corrected chi connectivity index (χ3v) is 10.6. The second-order valence-electron chi connectivity index (χ2n) is 14.2. The van der Waals surface area contributed by atoms with E-state index >= 15 is 4.39 Å². The summed E-state index contributed by atoms with van der Waals surface area (Å²) < 4.78 is 57.3. The molecule has 53 heavy (non-hydrogen) atoms. The highest BCUT2D eigenvalue weighted by Crippen LogP contribution is 2.37. The number of hydrogen-bond donors (Lipinski definition) is 2. The summed E-state index contributed by atoms with van der Waals surface area (Å²) in [5.74, 6) is -1.96. The zero-order chi connectivity index (χ0) is 37.4. The van der Waals surface area contributed by atoms with Gasteiger partial charge in [-0.3, -0.25) is 24.8 Å². The first-order valence-electron chi connectivity index (χ1n) is 17.9. The Kier molecular flexibility index (Phi) is 10.2. The Labute approximate surface area is 305 Å². The third-order valence-electron chi connectivity index (χ3n) is 10.6. The summed E-state index contributed by atoms with van der Waals surface area (Å²) >= 11 is 0. The second-order valence-corrected chi connectivity index (χ2v) is 14.2. The van der Waals surface area contributed by atoms with Crippen molar-refractivity contribution in [2.24, 2.45) is 0 Å². The number of nitrogens with zero attached hydrogens (tertiary/aromatic N) is 4. The smallest absolute Gasteiger partial charge is 0.266 e. The number of benzene rings is 3. The Hall–Kier alpha value is -5.23. The number of anilines is 1. The van der Waals surface area contributed by atoms with Crippen LogP contribution in [0.4, 0.5) is 23.4 Å². The largest absolute Gasteiger partial charge is 0.361 e. The topological polar surface area (TPSA) is 100 Å². The van der Waals surface area contributed by atoms with Crippen LogP contribution in [0.1, 0.15) is 96.0 Å². The Balaban J connectivity index is 1.04. The van der Waals surface area contributed by atoms with Crippen molar-refractivity contribution in [1.82, 2.24) is 25.4 Å². The maximum absolute atomic E-state index is 15.6. The van der Waals surface area contributed by atoms with E-state index < -0.39 is 29.8 Å². The molecule has 2 amide bonds. The van der Waals surface area contributed by atoms with Gasteiger partial charge in [-0.25, -0.2) is 17.6 Å². The second kappa shape index (κ2) is 15.0. The van der Waals surface area contributed by atoms with Gasteiger partial charge in [0.1, 0.15) is 11.6 Å². The molecule has 0 bridgehead atoms. The first kappa shape index (κ1) is 36.1. The number of rotatable bonds is 9. The van der Waals surface area contributed by atoms with Crippen LogP contribution in [0.3, 0.4) is 0 Å². The SMILES string of the molecule is Cc1cc(C2CCC(=O)NC2=O)cc(F)c1C1CCN(Cc2cccc(-c3cc4c(N[C@H](C)c5cccc(C(F)F)c5F)nnc(C)c4cn3)c2)CC1. The van der Waals surface area contributed by atoms with E-state index in [9.17, 15) is 22.8 Å². The molecule has 2 aliphatic heterocycles. The zero-order valence-corrected chi connectivity index (χ0v) is 29.7. The maximum atomic E-state index is 15.6. The van der Waals surface area contributed by atoms with Crippen LogP contribution < -0.4 is 10.6 Å². The van der Waals surface area contributed by atoms with Crippen molar-refractivity contribution >= 4 is 28.4 Å². The van der Waals surface area contributed by atoms with Crippen LogP contribution in [0.15, 0.2) is 66.9 Å². The van der Waals surface area contributed by atoms with Crippen molar-refractivity contribution in [3.63, 3.8) is 0 Å². The number of fused-ring (bicyclic) bond motifs is 1. The average Bonchev–Trinajstić information content (AvgIpc) is 3.13. The minimum atomic E-state index is -2.93. The van der Waals surface area contributed by atoms with Crippen molar-refractivity contribution in [2.75, 3.05) is 18.4 Å². The van der Waals surface area contributed by atoms with E-state index in [1.165, 1.54) is 18.2 Å². The molecule has 2 aliphatic rings. The molecule has 274 valence electrons. The van der Waals surface area contributed by atoms with Gasteiger partial charge in [0.15, 0.2) is 5.82 Å². The van der Waals surface area contributed by atoms with Crippen LogP contribution in [0.25, 0.3) is 22.0 Å². The lowest BCUT2D eigenvalue weighted by Gasteiger charge is -2.33. The summed E-state index contributed by atoms with van der Waals surface area (Å²) in [6, 6.07) is 16.7. The van der Waals surface area contributed by atoms with Crippen LogP contribution in [0, 0.1) is 25.5 Å². The molecule has 0 aliphatic carbocycles. The van der Waals surface area contributed by atoms with Gasteiger partial charge >= 0.3 is 0 Å². The molecule has 2 fully saturated rings. The Morgan fingerprint density at radius 2 is 1.68 bits per heavy atom. The summed E-state index contributed by atoms with van der Waals surface area (Å²) in [6.07, 6.45) is 1.04. The fourth-order valence-electron chi connectivity index (χ4n) is 7.77. The summed E-state index contributed by atoms with van der Waals surface area (Å²) in [5.41, 5.74) is 4.99. The van der Waals surface area contributed by atoms with E-state index in [-0.39, 0.29) is 35.5 Å². The minimum Gasteiger partial charge on any atom is -0.361 e. The van der Waals surface area contributed by atoms with Crippen LogP contribution in [-0.4, -0.2) is 45.0 Å². The number of halogens is 4. The number of pyridine rings is 1. The molecule has 8 nitrogen and oxygen atoms in total. The standard InChI is InChI=1S/C41H40F4N6O2/c1-22-16-28(30-10-11-36(52)48-41(30)53)18-34(42)37(22)26-12-14-51(15-13-26)21-25-6-4-7-27(17-25)35-19-32-33(20-46-35)24(3)49-50-40(32)47-23(2)29-8-5-9-31(38(29)43)39(44)45/h4-9,16-20,23,26,30,39H,10-15,21H2,1-3H3,(H,47,50)(H,48,52,53)/t23-,30?/m1/s1. The predicted molar refractivity (Wildman–Crippen MR) is 194 cm³/mol. The van der Waals surface area contributed by atoms with Gasteiger partial charge in [-0.15, -0.1) is 5.10 Å². The number of aryl methyl sites for hydroxylation is 2. The average molecular weight is 725 g/mol. The Morgan fingerprint density at radius 3 is 2.42 bits per heavy atom. The van der Waals surface area contributed by atoms with Crippen molar-refractivity contribution in [2.45, 2.75) is 77.3 Å². The fourth-order valence-corrected chi connectivity index (χ4v) is 7.77.